The van der Waals surface area contributed by atoms with Crippen molar-refractivity contribution in [2.45, 2.75) is 325 Å². The van der Waals surface area contributed by atoms with Crippen LogP contribution in [0.2, 0.25) is 0 Å². The first-order valence-electron chi connectivity index (χ1n) is 51.2. The molecule has 16 amide bonds. The number of H-pyrrole nitrogens is 2. The summed E-state index contributed by atoms with van der Waals surface area (Å²) < 4.78 is 0.766. The van der Waals surface area contributed by atoms with Crippen LogP contribution in [-0.2, 0) is 101 Å². The van der Waals surface area contributed by atoms with E-state index in [2.05, 4.69) is 121 Å². The smallest absolute Gasteiger partial charge is 0.326 e. The quantitative estimate of drug-likeness (QED) is 0.0133. The van der Waals surface area contributed by atoms with Gasteiger partial charge in [0.15, 0.2) is 17.9 Å². The second-order valence-corrected chi connectivity index (χ2v) is 41.5. The molecule has 4 aliphatic heterocycles. The zero-order valence-corrected chi connectivity index (χ0v) is 86.1. The molecule has 0 spiro atoms. The fraction of sp³-hybridized carbons (Fsp3) is 0.670. The van der Waals surface area contributed by atoms with Gasteiger partial charge in [-0.2, -0.15) is 0 Å². The van der Waals surface area contributed by atoms with Crippen LogP contribution in [0.4, 0.5) is 0 Å². The van der Waals surface area contributed by atoms with Gasteiger partial charge in [0.25, 0.3) is 0 Å². The molecule has 49 heteroatoms. The summed E-state index contributed by atoms with van der Waals surface area (Å²) in [5.74, 6) is -15.3. The second-order valence-electron chi connectivity index (χ2n) is 40.6. The maximum absolute atomic E-state index is 15.2. The van der Waals surface area contributed by atoms with Gasteiger partial charge in [-0.15, -0.1) is 0 Å². The van der Waals surface area contributed by atoms with E-state index in [1.807, 2.05) is 0 Å². The number of aliphatic carboxylic acids is 1. The molecule has 2 saturated carbocycles. The number of nitrogens with two attached hydrogens (primary N) is 4. The highest BCUT2D eigenvalue weighted by molar-refractivity contribution is 9.10. The van der Waals surface area contributed by atoms with Crippen molar-refractivity contribution >= 4 is 134 Å². The van der Waals surface area contributed by atoms with Crippen molar-refractivity contribution in [3.05, 3.63) is 70.7 Å². The van der Waals surface area contributed by atoms with Crippen molar-refractivity contribution in [2.24, 2.45) is 52.0 Å². The number of unbranched alkanes of at least 4 members (excludes halogenated alkanes) is 1. The highest BCUT2D eigenvalue weighted by Crippen LogP contribution is 2.41. The van der Waals surface area contributed by atoms with Crippen molar-refractivity contribution in [1.29, 1.82) is 16.2 Å². The molecule has 6 fully saturated rings. The number of nitrogens with one attached hydrogen (secondary N) is 21. The minimum atomic E-state index is -1.91. The second kappa shape index (κ2) is 57.1. The van der Waals surface area contributed by atoms with Crippen molar-refractivity contribution < 1.29 is 86.6 Å². The third-order valence-corrected chi connectivity index (χ3v) is 28.5. The predicted octanol–water partition coefficient (Wildman–Crippen LogP) is -1.48. The number of carbonyl (C=O) groups excluding carboxylic acids is 16. The first-order valence-corrected chi connectivity index (χ1v) is 52.0. The van der Waals surface area contributed by atoms with Crippen LogP contribution in [0.25, 0.3) is 0 Å². The molecule has 2 aliphatic carbocycles. The van der Waals surface area contributed by atoms with E-state index in [1.165, 1.54) is 61.2 Å². The standard InChI is InChI=1S/C97H153BrN30O18/c1-55(2)44-67(119-79(132)63(22-14-37-111-94(102)103)117-84(137)73-25-16-42-126(73)87(140)66(21-12-13-36-110-93(100)101)118-81(134)65(31-32-76(99)129)116-80(133)64(23-15-38-112-95(104)105)123-91(145)96(3,4)90(144)109-41-35-61-50-107-53-114-61)83(136)125-97(5,6)92(146)124-69(49-62-51-108-54-115-62)82(135)120-68(45-58-33-39-106-40-34-58)78(131)113-52-77(130)128-72-24-11-10-20-59(72)48-75(128)86(139)121-70(46-57-27-29-60(98)30-28-57)88(141)127-43-17-26-74(127)85(138)122-71(89(142)143)47-56-18-8-7-9-19-56/h27-30,50-51,53-56,58-59,63-75,106H,7-26,31-49,52H2,1-6H3,(H2,99,129)(H,107,114)(H,108,115)(H,109,144)(H,113,131)(H,116,133)(H,117,137)(H,118,134)(H,119,132)(H,120,135)(H,121,139)(H,122,138)(H,123,145)(H,124,146)(H,125,136)(H,142,143)(H4,100,101,110)(H4,102,103,111)(H4,104,105,112)/t59-,63+,64+,65-,66-,67-,68-,69-,70-,71+,72-,73-,74-,75-/m0/s1. The van der Waals surface area contributed by atoms with Gasteiger partial charge in [0.1, 0.15) is 83.5 Å². The first-order chi connectivity index (χ1) is 69.5. The van der Waals surface area contributed by atoms with E-state index in [9.17, 15) is 43.5 Å². The topological polar surface area (TPSA) is 746 Å². The van der Waals surface area contributed by atoms with Crippen molar-refractivity contribution in [2.75, 3.05) is 58.9 Å². The number of aromatic nitrogens is 4. The van der Waals surface area contributed by atoms with Crippen LogP contribution in [0.15, 0.2) is 53.8 Å². The molecule has 6 heterocycles. The third kappa shape index (κ3) is 36.2. The van der Waals surface area contributed by atoms with Crippen LogP contribution < -0.4 is 108 Å². The zero-order valence-electron chi connectivity index (χ0n) is 84.5. The summed E-state index contributed by atoms with van der Waals surface area (Å²) in [6, 6.07) is -9.32. The Morgan fingerprint density at radius 3 is 1.54 bits per heavy atom. The summed E-state index contributed by atoms with van der Waals surface area (Å²) in [7, 11) is 0. The van der Waals surface area contributed by atoms with Gasteiger partial charge in [-0.25, -0.2) is 14.8 Å². The number of carbonyl (C=O) groups is 17. The third-order valence-electron chi connectivity index (χ3n) is 28.0. The number of amides is 16. The van der Waals surface area contributed by atoms with E-state index in [-0.39, 0.29) is 171 Å². The van der Waals surface area contributed by atoms with Crippen LogP contribution in [0.5, 0.6) is 0 Å². The number of benzene rings is 1. The number of primary amides is 1. The molecule has 30 N–H and O–H groups in total. The lowest BCUT2D eigenvalue weighted by molar-refractivity contribution is -0.146. The van der Waals surface area contributed by atoms with Gasteiger partial charge in [-0.3, -0.25) is 92.9 Å². The minimum absolute atomic E-state index is 0.000718. The number of aromatic amines is 2. The number of fused-ring (bicyclic) bond motifs is 1. The number of halogens is 1. The average molecular weight is 2110 g/mol. The largest absolute Gasteiger partial charge is 0.480 e. The number of imidazole rings is 2. The van der Waals surface area contributed by atoms with Crippen LogP contribution >= 0.6 is 15.9 Å². The molecule has 14 atom stereocenters. The molecular formula is C97H153BrN30O18. The highest BCUT2D eigenvalue weighted by atomic mass is 79.9. The molecule has 806 valence electrons. The predicted molar refractivity (Wildman–Crippen MR) is 541 cm³/mol. The molecule has 9 rings (SSSR count). The molecule has 2 aromatic heterocycles. The van der Waals surface area contributed by atoms with Crippen LogP contribution in [0.1, 0.15) is 238 Å². The Hall–Kier alpha value is -13.1. The SMILES string of the molecule is CC(C)C[C@H](NC(=O)[C@@H](CCCNC(=N)N)NC(=O)[C@@H]1CCCN1C(=O)[C@H](CCCCNC(=N)N)NC(=O)[C@H](CCC(N)=O)NC(=O)[C@@H](CCCNC(=N)N)NC(=O)C(C)(C)C(=O)NCCc1c[nH]cn1)C(=O)NC(C)(C)C(=O)N[C@@H](Cc1c[nH]cn1)C(=O)N[C@@H](CC1CCNCC1)C(=O)NCC(=O)N1[C@H](C(=O)N[C@@H](Cc2ccc(Br)cc2)C(=O)N2CCC[C@H]2C(=O)N[C@H](CC2CCCCC2)C(=O)O)C[C@@H]2CCCC[C@@H]21. The number of rotatable bonds is 56. The Morgan fingerprint density at radius 2 is 0.966 bits per heavy atom. The van der Waals surface area contributed by atoms with Crippen molar-refractivity contribution in [3.63, 3.8) is 0 Å². The van der Waals surface area contributed by atoms with E-state index in [1.54, 1.807) is 44.3 Å². The normalized spacial score (nSPS) is 19.4. The number of carboxylic acids is 1. The van der Waals surface area contributed by atoms with Crippen molar-refractivity contribution in [1.82, 2.24) is 120 Å². The van der Waals surface area contributed by atoms with E-state index in [0.717, 1.165) is 49.4 Å². The van der Waals surface area contributed by atoms with Gasteiger partial charge in [0.05, 0.1) is 30.6 Å². The molecule has 6 aliphatic rings. The molecule has 48 nitrogen and oxygen atoms in total. The Morgan fingerprint density at radius 1 is 0.473 bits per heavy atom. The number of hydrogen-bond acceptors (Lipinski definition) is 23. The van der Waals surface area contributed by atoms with Gasteiger partial charge in [0, 0.05) is 87.9 Å². The highest BCUT2D eigenvalue weighted by Gasteiger charge is 2.51. The maximum atomic E-state index is 15.2. The molecule has 1 aromatic carbocycles. The van der Waals surface area contributed by atoms with Gasteiger partial charge in [-0.05, 0) is 211 Å². The number of guanidine groups is 3. The molecule has 4 saturated heterocycles. The molecule has 0 radical (unpaired) electrons. The lowest BCUT2D eigenvalue weighted by Crippen LogP contribution is -2.63. The van der Waals surface area contributed by atoms with Crippen molar-refractivity contribution in [3.8, 4) is 0 Å². The summed E-state index contributed by atoms with van der Waals surface area (Å²) in [4.78, 5) is 265. The minimum Gasteiger partial charge on any atom is -0.480 e. The molecule has 0 bridgehead atoms. The summed E-state index contributed by atoms with van der Waals surface area (Å²) in [6.45, 7) is 10.0. The van der Waals surface area contributed by atoms with E-state index < -0.39 is 215 Å². The number of hydrogen-bond donors (Lipinski definition) is 26. The summed E-state index contributed by atoms with van der Waals surface area (Å²) in [6.07, 6.45) is 15.7. The number of nitrogens with zero attached hydrogens (tertiary/aromatic N) is 5. The summed E-state index contributed by atoms with van der Waals surface area (Å²) in [5.41, 5.74) is 20.3. The monoisotopic (exact) mass is 2110 g/mol. The Labute approximate surface area is 858 Å². The Bertz CT molecular complexity index is 4980. The van der Waals surface area contributed by atoms with Gasteiger partial charge >= 0.3 is 5.97 Å². The fourth-order valence-electron chi connectivity index (χ4n) is 19.9. The van der Waals surface area contributed by atoms with E-state index >= 15 is 43.2 Å². The molecular weight excluding hydrogens is 1950 g/mol. The van der Waals surface area contributed by atoms with Crippen LogP contribution in [-0.4, -0.2) is 301 Å². The maximum Gasteiger partial charge on any atom is 0.326 e. The van der Waals surface area contributed by atoms with E-state index in [0.29, 0.717) is 75.0 Å². The molecule has 3 aromatic rings. The van der Waals surface area contributed by atoms with Gasteiger partial charge in [-0.1, -0.05) is 86.9 Å². The average Bonchev–Trinajstić information content (AvgIpc) is 1.63. The Kier molecular flexibility index (Phi) is 45.6. The lowest BCUT2D eigenvalue weighted by Gasteiger charge is -2.35. The fourth-order valence-corrected chi connectivity index (χ4v) is 20.1. The molecule has 0 unspecified atom stereocenters. The summed E-state index contributed by atoms with van der Waals surface area (Å²) >= 11 is 3.48. The van der Waals surface area contributed by atoms with Crippen LogP contribution in [0.3, 0.4) is 0 Å². The lowest BCUT2D eigenvalue weighted by atomic mass is 9.84. The zero-order chi connectivity index (χ0) is 106. The van der Waals surface area contributed by atoms with E-state index in [4.69, 9.17) is 39.2 Å². The van der Waals surface area contributed by atoms with Gasteiger partial charge in [0.2, 0.25) is 94.5 Å². The first kappa shape index (κ1) is 116. The number of carboxylic acid groups (broad SMARTS) is 1. The van der Waals surface area contributed by atoms with Gasteiger partial charge < -0.3 is 138 Å². The summed E-state index contributed by atoms with van der Waals surface area (Å²) in [5, 5.41) is 77.9. The number of piperidine rings is 1. The van der Waals surface area contributed by atoms with Crippen LogP contribution in [0, 0.1) is 45.3 Å². The Balaban J connectivity index is 0.881. The molecule has 146 heavy (non-hydrogen) atoms. The number of likely N-dealkylation sites (tertiary alicyclic amines) is 3.